The van der Waals surface area contributed by atoms with Crippen LogP contribution in [0.15, 0.2) is 46.9 Å². The highest BCUT2D eigenvalue weighted by Crippen LogP contribution is 2.26. The van der Waals surface area contributed by atoms with Crippen molar-refractivity contribution >= 4 is 21.8 Å². The second-order valence-electron chi connectivity index (χ2n) is 5.10. The molecule has 1 atom stereocenters. The number of benzene rings is 2. The molecule has 1 amide bonds. The maximum absolute atomic E-state index is 13.9. The molecule has 110 valence electrons. The van der Waals surface area contributed by atoms with E-state index in [9.17, 15) is 9.18 Å². The Hall–Kier alpha value is -1.68. The first kappa shape index (κ1) is 15.7. The molecular formula is C17H17BrFNO. The molecule has 0 radical (unpaired) electrons. The Bertz CT molecular complexity index is 672. The maximum Gasteiger partial charge on any atom is 0.255 e. The summed E-state index contributed by atoms with van der Waals surface area (Å²) < 4.78 is 14.6. The van der Waals surface area contributed by atoms with Crippen LogP contribution in [-0.2, 0) is 0 Å². The second kappa shape index (κ2) is 6.39. The lowest BCUT2D eigenvalue weighted by Gasteiger charge is -2.26. The Morgan fingerprint density at radius 3 is 2.52 bits per heavy atom. The first-order valence-electron chi connectivity index (χ1n) is 6.69. The number of amides is 1. The Morgan fingerprint density at radius 1 is 1.24 bits per heavy atom. The predicted octanol–water partition coefficient (Wildman–Crippen LogP) is 4.73. The van der Waals surface area contributed by atoms with Gasteiger partial charge < -0.3 is 4.90 Å². The summed E-state index contributed by atoms with van der Waals surface area (Å²) in [6.45, 7) is 3.78. The van der Waals surface area contributed by atoms with Crippen LogP contribution >= 0.6 is 15.9 Å². The van der Waals surface area contributed by atoms with Crippen LogP contribution in [0.2, 0.25) is 0 Å². The summed E-state index contributed by atoms with van der Waals surface area (Å²) in [6.07, 6.45) is 0. The van der Waals surface area contributed by atoms with Gasteiger partial charge in [0.05, 0.1) is 11.6 Å². The third-order valence-electron chi connectivity index (χ3n) is 3.61. The van der Waals surface area contributed by atoms with Gasteiger partial charge in [-0.25, -0.2) is 4.39 Å². The first-order chi connectivity index (χ1) is 9.91. The highest BCUT2D eigenvalue weighted by Gasteiger charge is 2.22. The van der Waals surface area contributed by atoms with Crippen molar-refractivity contribution in [3.05, 3.63) is 69.4 Å². The molecule has 2 aromatic carbocycles. The predicted molar refractivity (Wildman–Crippen MR) is 85.8 cm³/mol. The number of hydrogen-bond acceptors (Lipinski definition) is 1. The highest BCUT2D eigenvalue weighted by atomic mass is 79.9. The van der Waals surface area contributed by atoms with Crippen LogP contribution in [0.3, 0.4) is 0 Å². The van der Waals surface area contributed by atoms with Crippen molar-refractivity contribution in [1.82, 2.24) is 4.90 Å². The van der Waals surface area contributed by atoms with Crippen LogP contribution in [0.25, 0.3) is 0 Å². The number of halogens is 2. The number of aryl methyl sites for hydroxylation is 1. The van der Waals surface area contributed by atoms with E-state index in [1.54, 1.807) is 36.2 Å². The minimum Gasteiger partial charge on any atom is -0.335 e. The zero-order chi connectivity index (χ0) is 15.6. The van der Waals surface area contributed by atoms with Crippen LogP contribution in [0.4, 0.5) is 4.39 Å². The molecule has 0 spiro atoms. The number of carbonyl (C=O) groups is 1. The van der Waals surface area contributed by atoms with Crippen LogP contribution < -0.4 is 0 Å². The van der Waals surface area contributed by atoms with Gasteiger partial charge >= 0.3 is 0 Å². The van der Waals surface area contributed by atoms with Gasteiger partial charge in [0.2, 0.25) is 0 Å². The minimum atomic E-state index is -0.341. The molecule has 2 nitrogen and oxygen atoms in total. The van der Waals surface area contributed by atoms with E-state index >= 15 is 0 Å². The molecule has 0 aliphatic heterocycles. The van der Waals surface area contributed by atoms with E-state index < -0.39 is 0 Å². The van der Waals surface area contributed by atoms with Crippen LogP contribution in [0.5, 0.6) is 0 Å². The van der Waals surface area contributed by atoms with Gasteiger partial charge in [-0.1, -0.05) is 24.3 Å². The topological polar surface area (TPSA) is 20.3 Å². The van der Waals surface area contributed by atoms with Gasteiger partial charge in [0.15, 0.2) is 0 Å². The van der Waals surface area contributed by atoms with E-state index in [4.69, 9.17) is 0 Å². The molecule has 0 aliphatic carbocycles. The number of carbonyl (C=O) groups excluding carboxylic acids is 1. The Labute approximate surface area is 132 Å². The summed E-state index contributed by atoms with van der Waals surface area (Å²) in [4.78, 5) is 14.1. The molecule has 4 heteroatoms. The highest BCUT2D eigenvalue weighted by molar-refractivity contribution is 9.10. The molecule has 0 saturated heterocycles. The fourth-order valence-corrected chi connectivity index (χ4v) is 2.84. The minimum absolute atomic E-state index is 0.141. The maximum atomic E-state index is 13.9. The first-order valence-corrected chi connectivity index (χ1v) is 7.49. The molecule has 21 heavy (non-hydrogen) atoms. The van der Waals surface area contributed by atoms with Crippen molar-refractivity contribution in [3.8, 4) is 0 Å². The van der Waals surface area contributed by atoms with E-state index in [0.717, 1.165) is 10.0 Å². The third kappa shape index (κ3) is 3.32. The molecule has 0 bridgehead atoms. The molecule has 0 heterocycles. The lowest BCUT2D eigenvalue weighted by atomic mass is 10.1. The Morgan fingerprint density at radius 2 is 1.90 bits per heavy atom. The summed E-state index contributed by atoms with van der Waals surface area (Å²) in [5.74, 6) is -0.440. The SMILES string of the molecule is Cc1ccc(C(=O)N(C)C(C)c2ccccc2F)c(Br)c1. The monoisotopic (exact) mass is 349 g/mol. The standard InChI is InChI=1S/C17H17BrFNO/c1-11-8-9-14(15(18)10-11)17(21)20(3)12(2)13-6-4-5-7-16(13)19/h4-10,12H,1-3H3. The zero-order valence-electron chi connectivity index (χ0n) is 12.2. The van der Waals surface area contributed by atoms with Gasteiger partial charge in [0.1, 0.15) is 5.82 Å². The lowest BCUT2D eigenvalue weighted by molar-refractivity contribution is 0.0739. The van der Waals surface area contributed by atoms with Gasteiger partial charge in [-0.15, -0.1) is 0 Å². The zero-order valence-corrected chi connectivity index (χ0v) is 13.8. The molecule has 0 N–H and O–H groups in total. The molecule has 2 rings (SSSR count). The van der Waals surface area contributed by atoms with Crippen molar-refractivity contribution in [2.45, 2.75) is 19.9 Å². The van der Waals surface area contributed by atoms with Gasteiger partial charge in [0, 0.05) is 17.1 Å². The van der Waals surface area contributed by atoms with Gasteiger partial charge in [0.25, 0.3) is 5.91 Å². The fraction of sp³-hybridized carbons (Fsp3) is 0.235. The van der Waals surface area contributed by atoms with Crippen molar-refractivity contribution in [1.29, 1.82) is 0 Å². The third-order valence-corrected chi connectivity index (χ3v) is 4.27. The molecule has 2 aromatic rings. The van der Waals surface area contributed by atoms with Gasteiger partial charge in [-0.05, 0) is 53.5 Å². The van der Waals surface area contributed by atoms with Crippen LogP contribution in [-0.4, -0.2) is 17.9 Å². The van der Waals surface area contributed by atoms with Crippen molar-refractivity contribution in [2.24, 2.45) is 0 Å². The molecular weight excluding hydrogens is 333 g/mol. The molecule has 1 unspecified atom stereocenters. The summed E-state index contributed by atoms with van der Waals surface area (Å²) >= 11 is 3.41. The quantitative estimate of drug-likeness (QED) is 0.784. The van der Waals surface area contributed by atoms with E-state index in [1.165, 1.54) is 6.07 Å². The number of hydrogen-bond donors (Lipinski definition) is 0. The van der Waals surface area contributed by atoms with E-state index in [0.29, 0.717) is 11.1 Å². The molecule has 0 saturated carbocycles. The average Bonchev–Trinajstić information content (AvgIpc) is 2.45. The van der Waals surface area contributed by atoms with Crippen LogP contribution in [0, 0.1) is 12.7 Å². The second-order valence-corrected chi connectivity index (χ2v) is 5.95. The fourth-order valence-electron chi connectivity index (χ4n) is 2.18. The largest absolute Gasteiger partial charge is 0.335 e. The van der Waals surface area contributed by atoms with Crippen molar-refractivity contribution < 1.29 is 9.18 Å². The van der Waals surface area contributed by atoms with Gasteiger partial charge in [-0.2, -0.15) is 0 Å². The summed E-state index contributed by atoms with van der Waals surface area (Å²) in [7, 11) is 1.69. The number of rotatable bonds is 3. The van der Waals surface area contributed by atoms with E-state index in [1.807, 2.05) is 26.0 Å². The summed E-state index contributed by atoms with van der Waals surface area (Å²) in [5, 5.41) is 0. The van der Waals surface area contributed by atoms with Gasteiger partial charge in [-0.3, -0.25) is 4.79 Å². The van der Waals surface area contributed by atoms with Crippen LogP contribution in [0.1, 0.15) is 34.5 Å². The molecule has 0 aliphatic rings. The molecule has 0 fully saturated rings. The van der Waals surface area contributed by atoms with Crippen molar-refractivity contribution in [3.63, 3.8) is 0 Å². The smallest absolute Gasteiger partial charge is 0.255 e. The average molecular weight is 350 g/mol. The summed E-state index contributed by atoms with van der Waals surface area (Å²) in [6, 6.07) is 11.8. The summed E-state index contributed by atoms with van der Waals surface area (Å²) in [5.41, 5.74) is 2.16. The lowest BCUT2D eigenvalue weighted by Crippen LogP contribution is -2.30. The number of nitrogens with zero attached hydrogens (tertiary/aromatic N) is 1. The molecule has 0 aromatic heterocycles. The van der Waals surface area contributed by atoms with E-state index in [-0.39, 0.29) is 17.8 Å². The van der Waals surface area contributed by atoms with E-state index in [2.05, 4.69) is 15.9 Å². The van der Waals surface area contributed by atoms with Crippen molar-refractivity contribution in [2.75, 3.05) is 7.05 Å². The normalized spacial score (nSPS) is 12.0. The Kier molecular flexibility index (Phi) is 4.78. The Balaban J connectivity index is 2.29.